The van der Waals surface area contributed by atoms with Crippen LogP contribution in [0.15, 0.2) is 35.5 Å². The summed E-state index contributed by atoms with van der Waals surface area (Å²) in [6.07, 6.45) is 10.1. The predicted octanol–water partition coefficient (Wildman–Crippen LogP) is 4.11. The Labute approximate surface area is 204 Å². The number of hydrogen-bond donors (Lipinski definition) is 1. The summed E-state index contributed by atoms with van der Waals surface area (Å²) < 4.78 is 15.4. The van der Waals surface area contributed by atoms with Gasteiger partial charge in [0.05, 0.1) is 24.5 Å². The van der Waals surface area contributed by atoms with Gasteiger partial charge in [-0.15, -0.1) is 0 Å². The Hall–Kier alpha value is -3.20. The third-order valence-corrected chi connectivity index (χ3v) is 7.12. The quantitative estimate of drug-likeness (QED) is 0.547. The average molecular weight is 480 g/mol. The number of nitrogens with one attached hydrogen (secondary N) is 1. The number of carbonyl (C=O) groups excluding carboxylic acids is 1. The first-order valence-electron chi connectivity index (χ1n) is 12.5. The van der Waals surface area contributed by atoms with Gasteiger partial charge in [0.2, 0.25) is 11.7 Å². The lowest BCUT2D eigenvalue weighted by Crippen LogP contribution is -2.36. The van der Waals surface area contributed by atoms with Gasteiger partial charge in [0.15, 0.2) is 0 Å². The summed E-state index contributed by atoms with van der Waals surface area (Å²) >= 11 is 0. The Kier molecular flexibility index (Phi) is 6.13. The highest BCUT2D eigenvalue weighted by Gasteiger charge is 2.35. The van der Waals surface area contributed by atoms with Crippen molar-refractivity contribution in [2.24, 2.45) is 0 Å². The van der Waals surface area contributed by atoms with Crippen molar-refractivity contribution >= 4 is 17.4 Å². The molecule has 35 heavy (non-hydrogen) atoms. The summed E-state index contributed by atoms with van der Waals surface area (Å²) in [4.78, 5) is 35.6. The second kappa shape index (κ2) is 9.11. The van der Waals surface area contributed by atoms with Gasteiger partial charge in [-0.3, -0.25) is 14.0 Å². The molecule has 3 atom stereocenters. The van der Waals surface area contributed by atoms with E-state index in [1.807, 2.05) is 20.0 Å². The molecule has 2 aliphatic rings. The largest absolute Gasteiger partial charge is 0.474 e. The van der Waals surface area contributed by atoms with Crippen LogP contribution in [0.4, 0.5) is 5.69 Å². The van der Waals surface area contributed by atoms with Gasteiger partial charge < -0.3 is 19.4 Å². The minimum absolute atomic E-state index is 0.138. The van der Waals surface area contributed by atoms with Gasteiger partial charge in [0.1, 0.15) is 11.3 Å². The summed E-state index contributed by atoms with van der Waals surface area (Å²) in [7, 11) is 0. The normalized spacial score (nSPS) is 23.3. The molecule has 2 fully saturated rings. The molecule has 1 N–H and O–H groups in total. The number of nitrogens with zero attached hydrogens (tertiary/aromatic N) is 4. The summed E-state index contributed by atoms with van der Waals surface area (Å²) in [5.41, 5.74) is 0.941. The third kappa shape index (κ3) is 4.69. The van der Waals surface area contributed by atoms with Crippen molar-refractivity contribution in [3.8, 4) is 5.88 Å². The van der Waals surface area contributed by atoms with Gasteiger partial charge in [-0.05, 0) is 58.1 Å². The van der Waals surface area contributed by atoms with Crippen molar-refractivity contribution in [3.63, 3.8) is 0 Å². The Morgan fingerprint density at radius 1 is 1.31 bits per heavy atom. The number of carbonyl (C=O) groups is 1. The highest BCUT2D eigenvalue weighted by molar-refractivity contribution is 6.05. The van der Waals surface area contributed by atoms with Crippen LogP contribution >= 0.6 is 0 Å². The number of pyridine rings is 1. The SMILES string of the molecule is CC[C@@H](C)Oc1nc2nc([C@@]3(C)CCC(C)OC3)cn2cc1C(=O)Nc1cccn(C2CC2)c1=O. The highest BCUT2D eigenvalue weighted by atomic mass is 16.5. The molecule has 1 saturated carbocycles. The Morgan fingerprint density at radius 3 is 2.80 bits per heavy atom. The Bertz CT molecular complexity index is 1300. The van der Waals surface area contributed by atoms with E-state index < -0.39 is 5.91 Å². The molecule has 3 aromatic heterocycles. The van der Waals surface area contributed by atoms with Crippen LogP contribution in [0.5, 0.6) is 5.88 Å². The summed E-state index contributed by atoms with van der Waals surface area (Å²) in [6.45, 7) is 8.75. The number of ether oxygens (including phenoxy) is 2. The first-order valence-corrected chi connectivity index (χ1v) is 12.5. The van der Waals surface area contributed by atoms with E-state index in [9.17, 15) is 9.59 Å². The molecule has 1 amide bonds. The minimum atomic E-state index is -0.445. The lowest BCUT2D eigenvalue weighted by Gasteiger charge is -2.34. The zero-order valence-electron chi connectivity index (χ0n) is 20.8. The lowest BCUT2D eigenvalue weighted by molar-refractivity contribution is -0.0162. The Balaban J connectivity index is 1.50. The second-order valence-corrected chi connectivity index (χ2v) is 10.2. The van der Waals surface area contributed by atoms with Crippen molar-refractivity contribution in [2.75, 3.05) is 11.9 Å². The van der Waals surface area contributed by atoms with E-state index in [0.29, 0.717) is 12.4 Å². The minimum Gasteiger partial charge on any atom is -0.474 e. The van der Waals surface area contributed by atoms with E-state index in [1.165, 1.54) is 0 Å². The number of imidazole rings is 1. The van der Waals surface area contributed by atoms with Crippen LogP contribution in [-0.4, -0.2) is 43.7 Å². The molecule has 0 bridgehead atoms. The molecule has 186 valence electrons. The van der Waals surface area contributed by atoms with Crippen LogP contribution in [0, 0.1) is 0 Å². The maximum atomic E-state index is 13.4. The average Bonchev–Trinajstić information content (AvgIpc) is 3.60. The van der Waals surface area contributed by atoms with E-state index in [4.69, 9.17) is 14.5 Å². The van der Waals surface area contributed by atoms with Crippen LogP contribution < -0.4 is 15.6 Å². The molecular weight excluding hydrogens is 446 g/mol. The highest BCUT2D eigenvalue weighted by Crippen LogP contribution is 2.35. The van der Waals surface area contributed by atoms with E-state index in [2.05, 4.69) is 24.1 Å². The second-order valence-electron chi connectivity index (χ2n) is 10.2. The smallest absolute Gasteiger partial charge is 0.274 e. The van der Waals surface area contributed by atoms with Gasteiger partial charge in [0, 0.05) is 30.0 Å². The zero-order valence-corrected chi connectivity index (χ0v) is 20.8. The van der Waals surface area contributed by atoms with Crippen LogP contribution in [0.2, 0.25) is 0 Å². The van der Waals surface area contributed by atoms with Gasteiger partial charge in [0.25, 0.3) is 11.5 Å². The maximum Gasteiger partial charge on any atom is 0.274 e. The molecule has 1 aliphatic heterocycles. The van der Waals surface area contributed by atoms with Crippen molar-refractivity contribution in [3.05, 3.63) is 52.3 Å². The van der Waals surface area contributed by atoms with Gasteiger partial charge in [-0.2, -0.15) is 4.98 Å². The summed E-state index contributed by atoms with van der Waals surface area (Å²) in [5, 5.41) is 2.78. The standard InChI is InChI=1S/C26H33N5O4/c1-5-16(2)35-23-19(22(32)27-20-7-6-12-31(24(20)33)18-8-9-18)13-30-14-21(28-25(30)29-23)26(4)11-10-17(3)34-15-26/h6-7,12-14,16-18H,5,8-11,15H2,1-4H3,(H,27,32)/t16-,17?,26+/m1/s1. The summed E-state index contributed by atoms with van der Waals surface area (Å²) in [6, 6.07) is 3.63. The number of rotatable bonds is 7. The molecule has 0 radical (unpaired) electrons. The fourth-order valence-electron chi connectivity index (χ4n) is 4.36. The molecule has 1 saturated heterocycles. The lowest BCUT2D eigenvalue weighted by atomic mass is 9.81. The number of amides is 1. The molecule has 3 aromatic rings. The van der Waals surface area contributed by atoms with E-state index in [0.717, 1.165) is 37.8 Å². The topological polar surface area (TPSA) is 99.8 Å². The molecule has 1 unspecified atom stereocenters. The number of aromatic nitrogens is 4. The van der Waals surface area contributed by atoms with E-state index >= 15 is 0 Å². The molecule has 9 heteroatoms. The third-order valence-electron chi connectivity index (χ3n) is 7.12. The number of anilines is 1. The van der Waals surface area contributed by atoms with Gasteiger partial charge >= 0.3 is 0 Å². The Morgan fingerprint density at radius 2 is 2.11 bits per heavy atom. The van der Waals surface area contributed by atoms with Crippen molar-refractivity contribution in [1.29, 1.82) is 0 Å². The molecule has 1 aliphatic carbocycles. The molecule has 0 spiro atoms. The van der Waals surface area contributed by atoms with Crippen LogP contribution in [0.3, 0.4) is 0 Å². The molecule has 4 heterocycles. The number of fused-ring (bicyclic) bond motifs is 1. The van der Waals surface area contributed by atoms with E-state index in [-0.39, 0.29) is 46.4 Å². The fraction of sp³-hybridized carbons (Fsp3) is 0.538. The van der Waals surface area contributed by atoms with Crippen molar-refractivity contribution < 1.29 is 14.3 Å². The first kappa shape index (κ1) is 23.5. The monoisotopic (exact) mass is 479 g/mol. The summed E-state index contributed by atoms with van der Waals surface area (Å²) in [5.74, 6) is 0.226. The molecule has 5 rings (SSSR count). The van der Waals surface area contributed by atoms with Crippen molar-refractivity contribution in [1.82, 2.24) is 18.9 Å². The van der Waals surface area contributed by atoms with Crippen molar-refractivity contribution in [2.45, 2.75) is 83.5 Å². The van der Waals surface area contributed by atoms with Crippen LogP contribution in [0.25, 0.3) is 5.78 Å². The molecule has 0 aromatic carbocycles. The predicted molar refractivity (Wildman–Crippen MR) is 132 cm³/mol. The zero-order chi connectivity index (χ0) is 24.7. The van der Waals surface area contributed by atoms with Crippen LogP contribution in [0.1, 0.15) is 81.9 Å². The van der Waals surface area contributed by atoms with Crippen LogP contribution in [-0.2, 0) is 10.2 Å². The molecular formula is C26H33N5O4. The van der Waals surface area contributed by atoms with E-state index in [1.54, 1.807) is 33.5 Å². The maximum absolute atomic E-state index is 13.4. The number of hydrogen-bond acceptors (Lipinski definition) is 6. The van der Waals surface area contributed by atoms with Gasteiger partial charge in [-0.25, -0.2) is 4.98 Å². The first-order chi connectivity index (χ1) is 16.8. The molecule has 9 nitrogen and oxygen atoms in total. The fourth-order valence-corrected chi connectivity index (χ4v) is 4.36. The van der Waals surface area contributed by atoms with Gasteiger partial charge in [-0.1, -0.05) is 13.8 Å².